The van der Waals surface area contributed by atoms with Crippen molar-refractivity contribution < 1.29 is 9.15 Å². The fourth-order valence-electron chi connectivity index (χ4n) is 1.31. The Hall–Kier alpha value is -0.800. The molecule has 0 aliphatic carbocycles. The molecule has 0 saturated carbocycles. The maximum atomic E-state index is 5.67. The second kappa shape index (κ2) is 4.62. The van der Waals surface area contributed by atoms with Gasteiger partial charge in [-0.05, 0) is 18.0 Å². The Labute approximate surface area is 85.2 Å². The van der Waals surface area contributed by atoms with Crippen LogP contribution in [0.4, 0.5) is 0 Å². The molecule has 3 heteroatoms. The van der Waals surface area contributed by atoms with Gasteiger partial charge in [0.15, 0.2) is 0 Å². The first-order chi connectivity index (χ1) is 6.59. The molecule has 0 aromatic carbocycles. The summed E-state index contributed by atoms with van der Waals surface area (Å²) >= 11 is 0. The second-order valence-corrected chi connectivity index (χ2v) is 4.35. The number of nitrogens with two attached hydrogens (primary N) is 1. The first kappa shape index (κ1) is 11.3. The van der Waals surface area contributed by atoms with E-state index in [2.05, 4.69) is 13.8 Å². The Morgan fingerprint density at radius 2 is 2.21 bits per heavy atom. The number of hydrogen-bond acceptors (Lipinski definition) is 3. The minimum absolute atomic E-state index is 0.0837. The summed E-state index contributed by atoms with van der Waals surface area (Å²) in [5.41, 5.74) is 6.88. The van der Waals surface area contributed by atoms with Gasteiger partial charge >= 0.3 is 0 Å². The van der Waals surface area contributed by atoms with Gasteiger partial charge < -0.3 is 14.9 Å². The average Bonchev–Trinajstić information content (AvgIpc) is 2.53. The van der Waals surface area contributed by atoms with E-state index in [0.29, 0.717) is 13.2 Å². The zero-order chi connectivity index (χ0) is 10.6. The van der Waals surface area contributed by atoms with E-state index in [4.69, 9.17) is 14.9 Å². The predicted molar refractivity (Wildman–Crippen MR) is 56.0 cm³/mol. The lowest BCUT2D eigenvalue weighted by Gasteiger charge is -2.21. The van der Waals surface area contributed by atoms with Crippen LogP contribution in [0.5, 0.6) is 0 Å². The molecule has 2 N–H and O–H groups in total. The van der Waals surface area contributed by atoms with Crippen molar-refractivity contribution in [3.05, 3.63) is 23.7 Å². The Bertz CT molecular complexity index is 279. The highest BCUT2D eigenvalue weighted by molar-refractivity contribution is 5.17. The zero-order valence-corrected chi connectivity index (χ0v) is 9.17. The number of hydrogen-bond donors (Lipinski definition) is 1. The molecule has 0 unspecified atom stereocenters. The largest absolute Gasteiger partial charge is 0.469 e. The summed E-state index contributed by atoms with van der Waals surface area (Å²) in [4.78, 5) is 0. The standard InChI is InChI=1S/C11H19NO2/c1-11(2,8-12)6-10-9(7-13-3)4-5-14-10/h4-5H,6-8,12H2,1-3H3. The molecule has 3 nitrogen and oxygen atoms in total. The third-order valence-corrected chi connectivity index (χ3v) is 2.33. The molecule has 0 atom stereocenters. The lowest BCUT2D eigenvalue weighted by molar-refractivity contribution is 0.181. The van der Waals surface area contributed by atoms with Crippen molar-refractivity contribution in [3.8, 4) is 0 Å². The average molecular weight is 197 g/mol. The van der Waals surface area contributed by atoms with Crippen LogP contribution in [-0.2, 0) is 17.8 Å². The van der Waals surface area contributed by atoms with Gasteiger partial charge in [-0.1, -0.05) is 13.8 Å². The highest BCUT2D eigenvalue weighted by Crippen LogP contribution is 2.23. The molecule has 1 aromatic rings. The lowest BCUT2D eigenvalue weighted by atomic mass is 9.87. The van der Waals surface area contributed by atoms with Crippen LogP contribution < -0.4 is 5.73 Å². The molecule has 0 radical (unpaired) electrons. The molecule has 0 spiro atoms. The summed E-state index contributed by atoms with van der Waals surface area (Å²) in [5.74, 6) is 0.988. The maximum absolute atomic E-state index is 5.67. The Kier molecular flexibility index (Phi) is 3.72. The number of ether oxygens (including phenoxy) is 1. The highest BCUT2D eigenvalue weighted by Gasteiger charge is 2.20. The third-order valence-electron chi connectivity index (χ3n) is 2.33. The second-order valence-electron chi connectivity index (χ2n) is 4.35. The summed E-state index contributed by atoms with van der Waals surface area (Å²) < 4.78 is 10.5. The summed E-state index contributed by atoms with van der Waals surface area (Å²) in [6.07, 6.45) is 2.56. The molecule has 0 saturated heterocycles. The van der Waals surface area contributed by atoms with Crippen molar-refractivity contribution in [2.24, 2.45) is 11.1 Å². The zero-order valence-electron chi connectivity index (χ0n) is 9.17. The van der Waals surface area contributed by atoms with E-state index in [1.807, 2.05) is 6.07 Å². The SMILES string of the molecule is COCc1ccoc1CC(C)(C)CN. The normalized spacial score (nSPS) is 12.0. The monoisotopic (exact) mass is 197 g/mol. The smallest absolute Gasteiger partial charge is 0.109 e. The molecule has 1 heterocycles. The van der Waals surface area contributed by atoms with Crippen LogP contribution in [0.2, 0.25) is 0 Å². The van der Waals surface area contributed by atoms with Gasteiger partial charge in [-0.3, -0.25) is 0 Å². The van der Waals surface area contributed by atoms with Crippen LogP contribution in [0.15, 0.2) is 16.7 Å². The quantitative estimate of drug-likeness (QED) is 0.785. The molecule has 14 heavy (non-hydrogen) atoms. The highest BCUT2D eigenvalue weighted by atomic mass is 16.5. The minimum atomic E-state index is 0.0837. The molecule has 1 aromatic heterocycles. The van der Waals surface area contributed by atoms with Gasteiger partial charge in [0.1, 0.15) is 5.76 Å². The molecule has 0 bridgehead atoms. The minimum Gasteiger partial charge on any atom is -0.469 e. The maximum Gasteiger partial charge on any atom is 0.109 e. The van der Waals surface area contributed by atoms with Gasteiger partial charge in [0.25, 0.3) is 0 Å². The van der Waals surface area contributed by atoms with E-state index >= 15 is 0 Å². The van der Waals surface area contributed by atoms with Crippen LogP contribution in [0.1, 0.15) is 25.2 Å². The van der Waals surface area contributed by atoms with Crippen LogP contribution in [0.3, 0.4) is 0 Å². The van der Waals surface area contributed by atoms with E-state index in [9.17, 15) is 0 Å². The molecule has 0 aliphatic rings. The lowest BCUT2D eigenvalue weighted by Crippen LogP contribution is -2.26. The molecular weight excluding hydrogens is 178 g/mol. The summed E-state index contributed by atoms with van der Waals surface area (Å²) in [7, 11) is 1.69. The van der Waals surface area contributed by atoms with Crippen LogP contribution >= 0.6 is 0 Å². The Morgan fingerprint density at radius 1 is 1.50 bits per heavy atom. The summed E-state index contributed by atoms with van der Waals surface area (Å²) in [6, 6.07) is 1.95. The van der Waals surface area contributed by atoms with E-state index < -0.39 is 0 Å². The first-order valence-corrected chi connectivity index (χ1v) is 4.83. The van der Waals surface area contributed by atoms with Crippen molar-refractivity contribution >= 4 is 0 Å². The van der Waals surface area contributed by atoms with Gasteiger partial charge in [0.2, 0.25) is 0 Å². The van der Waals surface area contributed by atoms with Gasteiger partial charge in [-0.25, -0.2) is 0 Å². The van der Waals surface area contributed by atoms with E-state index in [1.165, 1.54) is 0 Å². The fourth-order valence-corrected chi connectivity index (χ4v) is 1.31. The van der Waals surface area contributed by atoms with Gasteiger partial charge in [0, 0.05) is 19.1 Å². The summed E-state index contributed by atoms with van der Waals surface area (Å²) in [5, 5.41) is 0. The number of methoxy groups -OCH3 is 1. The Morgan fingerprint density at radius 3 is 2.79 bits per heavy atom. The van der Waals surface area contributed by atoms with Crippen LogP contribution in [0, 0.1) is 5.41 Å². The van der Waals surface area contributed by atoms with Crippen LogP contribution in [0.25, 0.3) is 0 Å². The van der Waals surface area contributed by atoms with E-state index in [-0.39, 0.29) is 5.41 Å². The molecule has 0 amide bonds. The third kappa shape index (κ3) is 2.86. The van der Waals surface area contributed by atoms with Gasteiger partial charge in [-0.2, -0.15) is 0 Å². The van der Waals surface area contributed by atoms with Crippen LogP contribution in [-0.4, -0.2) is 13.7 Å². The molecule has 0 fully saturated rings. The van der Waals surface area contributed by atoms with Crippen molar-refractivity contribution in [2.45, 2.75) is 26.9 Å². The fraction of sp³-hybridized carbons (Fsp3) is 0.636. The van der Waals surface area contributed by atoms with Gasteiger partial charge in [-0.15, -0.1) is 0 Å². The molecule has 1 rings (SSSR count). The number of furan rings is 1. The topological polar surface area (TPSA) is 48.4 Å². The van der Waals surface area contributed by atoms with Gasteiger partial charge in [0.05, 0.1) is 12.9 Å². The first-order valence-electron chi connectivity index (χ1n) is 4.83. The predicted octanol–water partition coefficient (Wildman–Crippen LogP) is 1.95. The van der Waals surface area contributed by atoms with Crippen molar-refractivity contribution in [1.82, 2.24) is 0 Å². The number of rotatable bonds is 5. The van der Waals surface area contributed by atoms with Crippen molar-refractivity contribution in [3.63, 3.8) is 0 Å². The summed E-state index contributed by atoms with van der Waals surface area (Å²) in [6.45, 7) is 5.52. The molecule has 0 aliphatic heterocycles. The van der Waals surface area contributed by atoms with E-state index in [1.54, 1.807) is 13.4 Å². The Balaban J connectivity index is 2.70. The van der Waals surface area contributed by atoms with Crippen molar-refractivity contribution in [2.75, 3.05) is 13.7 Å². The van der Waals surface area contributed by atoms with Crippen molar-refractivity contribution in [1.29, 1.82) is 0 Å². The van der Waals surface area contributed by atoms with E-state index in [0.717, 1.165) is 17.7 Å². The molecular formula is C11H19NO2. The molecule has 80 valence electrons.